The van der Waals surface area contributed by atoms with Gasteiger partial charge in [-0.25, -0.2) is 4.68 Å². The van der Waals surface area contributed by atoms with Crippen LogP contribution in [0.2, 0.25) is 0 Å². The summed E-state index contributed by atoms with van der Waals surface area (Å²) in [6, 6.07) is 5.40. The highest BCUT2D eigenvalue weighted by molar-refractivity contribution is 7.71. The summed E-state index contributed by atoms with van der Waals surface area (Å²) in [5.41, 5.74) is 2.30. The van der Waals surface area contributed by atoms with Crippen LogP contribution in [-0.4, -0.2) is 14.9 Å². The Morgan fingerprint density at radius 1 is 1.37 bits per heavy atom. The van der Waals surface area contributed by atoms with Gasteiger partial charge in [-0.05, 0) is 30.8 Å². The number of rotatable bonds is 3. The molecule has 19 heavy (non-hydrogen) atoms. The second kappa shape index (κ2) is 5.04. The van der Waals surface area contributed by atoms with Gasteiger partial charge in [-0.2, -0.15) is 18.3 Å². The first kappa shape index (κ1) is 13.6. The van der Waals surface area contributed by atoms with Crippen LogP contribution in [0.15, 0.2) is 24.3 Å². The Kier molecular flexibility index (Phi) is 3.61. The predicted molar refractivity (Wildman–Crippen MR) is 66.7 cm³/mol. The van der Waals surface area contributed by atoms with E-state index >= 15 is 0 Å². The van der Waals surface area contributed by atoms with Crippen molar-refractivity contribution in [2.45, 2.75) is 19.6 Å². The van der Waals surface area contributed by atoms with Crippen molar-refractivity contribution in [3.63, 3.8) is 0 Å². The smallest absolute Gasteiger partial charge is 0.318 e. The summed E-state index contributed by atoms with van der Waals surface area (Å²) < 4.78 is 40.1. The second-order valence-electron chi connectivity index (χ2n) is 3.90. The zero-order valence-corrected chi connectivity index (χ0v) is 10.8. The van der Waals surface area contributed by atoms with Crippen LogP contribution in [0.3, 0.4) is 0 Å². The fraction of sp³-hybridized carbons (Fsp3) is 0.273. The number of benzene rings is 1. The highest BCUT2D eigenvalue weighted by Gasteiger charge is 2.32. The number of H-pyrrole nitrogens is 1. The van der Waals surface area contributed by atoms with Crippen molar-refractivity contribution in [2.24, 2.45) is 0 Å². The van der Waals surface area contributed by atoms with E-state index in [2.05, 4.69) is 15.6 Å². The number of nitrogens with zero attached hydrogens (tertiary/aromatic N) is 2. The van der Waals surface area contributed by atoms with Gasteiger partial charge >= 0.3 is 6.18 Å². The lowest BCUT2D eigenvalue weighted by Crippen LogP contribution is -2.19. The fourth-order valence-corrected chi connectivity index (χ4v) is 1.92. The molecule has 1 aromatic carbocycles. The third-order valence-corrected chi connectivity index (χ3v) is 2.86. The predicted octanol–water partition coefficient (Wildman–Crippen LogP) is 3.01. The Labute approximate surface area is 112 Å². The van der Waals surface area contributed by atoms with Crippen molar-refractivity contribution >= 4 is 12.2 Å². The molecule has 102 valence electrons. The summed E-state index contributed by atoms with van der Waals surface area (Å²) in [5.74, 6) is 0.550. The summed E-state index contributed by atoms with van der Waals surface area (Å²) in [7, 11) is 0. The fourth-order valence-electron chi connectivity index (χ4n) is 1.68. The van der Waals surface area contributed by atoms with E-state index in [-0.39, 0.29) is 12.1 Å². The van der Waals surface area contributed by atoms with Gasteiger partial charge in [0.2, 0.25) is 4.77 Å². The summed E-state index contributed by atoms with van der Waals surface area (Å²) in [6.07, 6.45) is -4.37. The van der Waals surface area contributed by atoms with E-state index in [0.717, 1.165) is 6.07 Å². The van der Waals surface area contributed by atoms with Crippen LogP contribution in [0.4, 0.5) is 13.2 Å². The maximum absolute atomic E-state index is 12.8. The number of aromatic nitrogens is 3. The summed E-state index contributed by atoms with van der Waals surface area (Å²) in [5, 5.41) is 6.41. The molecule has 0 aliphatic carbocycles. The Morgan fingerprint density at radius 3 is 2.63 bits per heavy atom. The normalized spacial score (nSPS) is 11.6. The van der Waals surface area contributed by atoms with Gasteiger partial charge < -0.3 is 5.43 Å². The molecule has 0 aliphatic heterocycles. The molecule has 2 N–H and O–H groups in total. The number of halogens is 3. The van der Waals surface area contributed by atoms with Gasteiger partial charge in [0, 0.05) is 0 Å². The number of alkyl halides is 3. The number of aromatic amines is 1. The summed E-state index contributed by atoms with van der Waals surface area (Å²) in [4.78, 5) is 0. The van der Waals surface area contributed by atoms with Crippen molar-refractivity contribution < 1.29 is 13.2 Å². The zero-order valence-electron chi connectivity index (χ0n) is 9.95. The molecule has 0 aliphatic rings. The molecule has 0 saturated carbocycles. The van der Waals surface area contributed by atoms with Crippen molar-refractivity contribution in [3.05, 3.63) is 46.0 Å². The Hall–Kier alpha value is -1.83. The highest BCUT2D eigenvalue weighted by Crippen LogP contribution is 2.31. The zero-order chi connectivity index (χ0) is 14.0. The molecule has 0 radical (unpaired) electrons. The van der Waals surface area contributed by atoms with Gasteiger partial charge in [0.15, 0.2) is 0 Å². The topological polar surface area (TPSA) is 45.6 Å². The van der Waals surface area contributed by atoms with Crippen LogP contribution in [0.1, 0.15) is 17.0 Å². The van der Waals surface area contributed by atoms with Crippen LogP contribution >= 0.6 is 12.2 Å². The van der Waals surface area contributed by atoms with E-state index in [9.17, 15) is 13.2 Å². The molecule has 0 fully saturated rings. The lowest BCUT2D eigenvalue weighted by Gasteiger charge is -2.14. The minimum Gasteiger partial charge on any atom is -0.318 e. The molecule has 0 saturated heterocycles. The van der Waals surface area contributed by atoms with Crippen molar-refractivity contribution in [1.82, 2.24) is 14.9 Å². The van der Waals surface area contributed by atoms with E-state index < -0.39 is 11.7 Å². The van der Waals surface area contributed by atoms with Crippen LogP contribution in [0.5, 0.6) is 0 Å². The van der Waals surface area contributed by atoms with Gasteiger partial charge in [0.05, 0.1) is 12.1 Å². The van der Waals surface area contributed by atoms with Crippen LogP contribution in [-0.2, 0) is 12.7 Å². The lowest BCUT2D eigenvalue weighted by atomic mass is 10.1. The molecule has 0 amide bonds. The molecule has 0 atom stereocenters. The van der Waals surface area contributed by atoms with E-state index in [0.29, 0.717) is 10.6 Å². The SMILES string of the molecule is Cc1n[nH]c(=S)n1NCc1ccccc1C(F)(F)F. The van der Waals surface area contributed by atoms with Gasteiger partial charge in [-0.1, -0.05) is 18.2 Å². The van der Waals surface area contributed by atoms with Gasteiger partial charge in [0.25, 0.3) is 0 Å². The quantitative estimate of drug-likeness (QED) is 0.853. The maximum atomic E-state index is 12.8. The molecular formula is C11H11F3N4S. The molecule has 8 heteroatoms. The summed E-state index contributed by atoms with van der Waals surface area (Å²) in [6.45, 7) is 1.69. The van der Waals surface area contributed by atoms with Gasteiger partial charge in [-0.15, -0.1) is 0 Å². The molecule has 0 bridgehead atoms. The van der Waals surface area contributed by atoms with E-state index in [1.807, 2.05) is 0 Å². The highest BCUT2D eigenvalue weighted by atomic mass is 32.1. The van der Waals surface area contributed by atoms with E-state index in [4.69, 9.17) is 12.2 Å². The number of hydrogen-bond acceptors (Lipinski definition) is 3. The average Bonchev–Trinajstić information content (AvgIpc) is 2.66. The first-order valence-corrected chi connectivity index (χ1v) is 5.83. The first-order chi connectivity index (χ1) is 8.89. The van der Waals surface area contributed by atoms with Gasteiger partial charge in [-0.3, -0.25) is 5.10 Å². The molecule has 4 nitrogen and oxygen atoms in total. The van der Waals surface area contributed by atoms with Crippen molar-refractivity contribution in [3.8, 4) is 0 Å². The molecule has 2 aromatic rings. The second-order valence-corrected chi connectivity index (χ2v) is 4.29. The molecule has 0 unspecified atom stereocenters. The van der Waals surface area contributed by atoms with Gasteiger partial charge in [0.1, 0.15) is 5.82 Å². The lowest BCUT2D eigenvalue weighted by molar-refractivity contribution is -0.138. The Balaban J connectivity index is 2.24. The van der Waals surface area contributed by atoms with Crippen molar-refractivity contribution in [2.75, 3.05) is 5.43 Å². The van der Waals surface area contributed by atoms with Crippen LogP contribution in [0, 0.1) is 11.7 Å². The Bertz CT molecular complexity index is 629. The average molecular weight is 288 g/mol. The van der Waals surface area contributed by atoms with E-state index in [1.54, 1.807) is 13.0 Å². The third kappa shape index (κ3) is 2.95. The third-order valence-electron chi connectivity index (χ3n) is 2.59. The van der Waals surface area contributed by atoms with Crippen LogP contribution in [0.25, 0.3) is 0 Å². The molecule has 1 aromatic heterocycles. The summed E-state index contributed by atoms with van der Waals surface area (Å²) >= 11 is 4.95. The Morgan fingerprint density at radius 2 is 2.05 bits per heavy atom. The van der Waals surface area contributed by atoms with Crippen molar-refractivity contribution in [1.29, 1.82) is 0 Å². The minimum atomic E-state index is -4.37. The molecule has 0 spiro atoms. The number of hydrogen-bond donors (Lipinski definition) is 2. The molecule has 1 heterocycles. The molecular weight excluding hydrogens is 277 g/mol. The minimum absolute atomic E-state index is 0.00433. The monoisotopic (exact) mass is 288 g/mol. The number of aryl methyl sites for hydroxylation is 1. The first-order valence-electron chi connectivity index (χ1n) is 5.42. The molecule has 2 rings (SSSR count). The van der Waals surface area contributed by atoms with Crippen LogP contribution < -0.4 is 5.43 Å². The largest absolute Gasteiger partial charge is 0.416 e. The number of nitrogens with one attached hydrogen (secondary N) is 2. The standard InChI is InChI=1S/C11H11F3N4S/c1-7-16-17-10(19)18(7)15-6-8-4-2-3-5-9(8)11(12,13)14/h2-5,15H,6H2,1H3,(H,17,19). The van der Waals surface area contributed by atoms with E-state index in [1.165, 1.54) is 16.8 Å². The maximum Gasteiger partial charge on any atom is 0.416 e.